The number of ether oxygens (including phenoxy) is 6. The standard InChI is InChI=1S/C15H34F3N4O6P/c1-11(23-8)26-14(27-12(2)24-9)22(15(16,17)28-13(3)25-10)29(19-18,20(4)5)21(6)7/h11-14H,1-10H3. The van der Waals surface area contributed by atoms with Crippen LogP contribution in [0.2, 0.25) is 0 Å². The first-order valence-electron chi connectivity index (χ1n) is 8.66. The van der Waals surface area contributed by atoms with Crippen LogP contribution in [-0.4, -0.2) is 95.0 Å². The highest BCUT2D eigenvalue weighted by atomic mass is 31.2. The van der Waals surface area contributed by atoms with Crippen LogP contribution >= 0.6 is 7.51 Å². The van der Waals surface area contributed by atoms with Crippen molar-refractivity contribution < 1.29 is 41.7 Å². The van der Waals surface area contributed by atoms with Crippen molar-refractivity contribution in [1.82, 2.24) is 14.0 Å². The van der Waals surface area contributed by atoms with Crippen LogP contribution in [0.15, 0.2) is 4.97 Å². The maximum atomic E-state index is 15.4. The highest BCUT2D eigenvalue weighted by Crippen LogP contribution is 2.62. The van der Waals surface area contributed by atoms with Crippen LogP contribution in [0.3, 0.4) is 0 Å². The van der Waals surface area contributed by atoms with Gasteiger partial charge < -0.3 is 23.7 Å². The summed E-state index contributed by atoms with van der Waals surface area (Å²) in [6, 6.07) is 0. The van der Waals surface area contributed by atoms with Gasteiger partial charge in [-0.15, -0.1) is 4.67 Å². The van der Waals surface area contributed by atoms with Gasteiger partial charge in [-0.1, -0.05) is 9.45 Å². The van der Waals surface area contributed by atoms with E-state index in [1.807, 2.05) is 0 Å². The third-order valence-corrected chi connectivity index (χ3v) is 7.20. The Balaban J connectivity index is 6.68. The van der Waals surface area contributed by atoms with Gasteiger partial charge in [-0.05, 0) is 49.0 Å². The van der Waals surface area contributed by atoms with Crippen molar-refractivity contribution in [3.05, 3.63) is 0 Å². The molecule has 0 aliphatic heterocycles. The lowest BCUT2D eigenvalue weighted by atomic mass is 10.7. The molecule has 0 aliphatic rings. The molecule has 0 N–H and O–H groups in total. The normalized spacial score (nSPS) is 17.7. The number of halogens is 3. The molecule has 0 aromatic rings. The first kappa shape index (κ1) is 28.7. The summed E-state index contributed by atoms with van der Waals surface area (Å²) >= 11 is 0. The Labute approximate surface area is 170 Å². The molecule has 0 heterocycles. The van der Waals surface area contributed by atoms with Crippen LogP contribution in [0, 0.1) is 0 Å². The maximum absolute atomic E-state index is 15.4. The fourth-order valence-corrected chi connectivity index (χ4v) is 4.76. The number of nitrogens with zero attached hydrogens (tertiary/aromatic N) is 4. The molecule has 0 rings (SSSR count). The lowest BCUT2D eigenvalue weighted by Gasteiger charge is -2.47. The predicted octanol–water partition coefficient (Wildman–Crippen LogP) is 3.10. The van der Waals surface area contributed by atoms with E-state index in [0.29, 0.717) is 0 Å². The van der Waals surface area contributed by atoms with Crippen molar-refractivity contribution in [2.75, 3.05) is 49.5 Å². The third kappa shape index (κ3) is 7.39. The SMILES string of the molecule is COC(C)OC(OC(C)OC)N(C(F)(F)OC(C)OC)P(=NF)(N(C)C)N(C)C. The summed E-state index contributed by atoms with van der Waals surface area (Å²) in [6.07, 6.45) is -9.34. The summed E-state index contributed by atoms with van der Waals surface area (Å²) in [7, 11) is 5.47. The Bertz CT molecular complexity index is 508. The highest BCUT2D eigenvalue weighted by Gasteiger charge is 2.57. The molecule has 3 atom stereocenters. The van der Waals surface area contributed by atoms with Crippen LogP contribution in [0.25, 0.3) is 0 Å². The molecule has 0 bridgehead atoms. The van der Waals surface area contributed by atoms with Gasteiger partial charge in [0.05, 0.1) is 0 Å². The average molecular weight is 454 g/mol. The summed E-state index contributed by atoms with van der Waals surface area (Å²) in [5.74, 6) is 0. The van der Waals surface area contributed by atoms with Gasteiger partial charge in [0.1, 0.15) is 0 Å². The Morgan fingerprint density at radius 3 is 1.45 bits per heavy atom. The molecule has 3 unspecified atom stereocenters. The molecule has 0 aromatic carbocycles. The highest BCUT2D eigenvalue weighted by molar-refractivity contribution is 7.59. The Morgan fingerprint density at radius 2 is 1.17 bits per heavy atom. The second kappa shape index (κ2) is 12.5. The largest absolute Gasteiger partial charge is 0.437 e. The predicted molar refractivity (Wildman–Crippen MR) is 101 cm³/mol. The Hall–Kier alpha value is -0.340. The number of hydrogen-bond acceptors (Lipinski definition) is 7. The van der Waals surface area contributed by atoms with Crippen LogP contribution in [0.1, 0.15) is 20.8 Å². The zero-order chi connectivity index (χ0) is 23.0. The zero-order valence-electron chi connectivity index (χ0n) is 18.6. The Kier molecular flexibility index (Phi) is 12.4. The van der Waals surface area contributed by atoms with Gasteiger partial charge in [-0.2, -0.15) is 8.78 Å². The monoisotopic (exact) mass is 454 g/mol. The van der Waals surface area contributed by atoms with E-state index in [0.717, 1.165) is 0 Å². The molecule has 0 aliphatic carbocycles. The minimum absolute atomic E-state index is 0.278. The zero-order valence-corrected chi connectivity index (χ0v) is 19.5. The number of methoxy groups -OCH3 is 3. The minimum Gasteiger partial charge on any atom is -0.356 e. The molecule has 176 valence electrons. The Morgan fingerprint density at radius 1 is 0.793 bits per heavy atom. The molecule has 29 heavy (non-hydrogen) atoms. The molecule has 10 nitrogen and oxygen atoms in total. The van der Waals surface area contributed by atoms with Crippen LogP contribution in [0.5, 0.6) is 0 Å². The smallest absolute Gasteiger partial charge is 0.356 e. The number of rotatable bonds is 14. The molecule has 0 fully saturated rings. The van der Waals surface area contributed by atoms with Crippen molar-refractivity contribution in [1.29, 1.82) is 0 Å². The van der Waals surface area contributed by atoms with E-state index >= 15 is 8.78 Å². The first-order chi connectivity index (χ1) is 13.3. The fourth-order valence-electron chi connectivity index (χ4n) is 2.21. The van der Waals surface area contributed by atoms with Gasteiger partial charge in [-0.25, -0.2) is 9.34 Å². The van der Waals surface area contributed by atoms with Crippen molar-refractivity contribution in [2.24, 2.45) is 4.97 Å². The summed E-state index contributed by atoms with van der Waals surface area (Å²) in [5, 5.41) is 0. The second-order valence-electron chi connectivity index (χ2n) is 6.24. The van der Waals surface area contributed by atoms with E-state index in [-0.39, 0.29) is 4.67 Å². The summed E-state index contributed by atoms with van der Waals surface area (Å²) in [5.41, 5.74) is 0. The molecule has 0 saturated heterocycles. The number of alkyl halides is 2. The quantitative estimate of drug-likeness (QED) is 0.224. The van der Waals surface area contributed by atoms with Crippen LogP contribution in [-0.2, 0) is 28.4 Å². The van der Waals surface area contributed by atoms with Crippen LogP contribution < -0.4 is 0 Å². The van der Waals surface area contributed by atoms with Crippen molar-refractivity contribution in [2.45, 2.75) is 52.3 Å². The molecule has 0 spiro atoms. The van der Waals surface area contributed by atoms with E-state index in [1.165, 1.54) is 79.6 Å². The summed E-state index contributed by atoms with van der Waals surface area (Å²) in [6.45, 7) is 4.18. The van der Waals surface area contributed by atoms with Crippen molar-refractivity contribution in [3.63, 3.8) is 0 Å². The van der Waals surface area contributed by atoms with Crippen molar-refractivity contribution in [3.8, 4) is 0 Å². The molecule has 0 amide bonds. The molecule has 0 radical (unpaired) electrons. The van der Waals surface area contributed by atoms with Crippen molar-refractivity contribution >= 4 is 7.51 Å². The van der Waals surface area contributed by atoms with Gasteiger partial charge in [0, 0.05) is 21.3 Å². The van der Waals surface area contributed by atoms with Gasteiger partial charge in [-0.3, -0.25) is 4.74 Å². The number of hydrogen-bond donors (Lipinski definition) is 0. The summed E-state index contributed by atoms with van der Waals surface area (Å²) in [4.78, 5) is 2.85. The lowest BCUT2D eigenvalue weighted by molar-refractivity contribution is -0.415. The van der Waals surface area contributed by atoms with Gasteiger partial charge >= 0.3 is 6.23 Å². The molecule has 0 aromatic heterocycles. The summed E-state index contributed by atoms with van der Waals surface area (Å²) < 4.78 is 78.2. The van der Waals surface area contributed by atoms with E-state index in [2.05, 4.69) is 4.97 Å². The second-order valence-corrected chi connectivity index (χ2v) is 9.50. The topological polar surface area (TPSA) is 77.5 Å². The first-order valence-corrected chi connectivity index (χ1v) is 10.3. The molecular weight excluding hydrogens is 420 g/mol. The van der Waals surface area contributed by atoms with Gasteiger partial charge in [0.15, 0.2) is 18.9 Å². The maximum Gasteiger partial charge on any atom is 0.437 e. The van der Waals surface area contributed by atoms with E-state index in [1.54, 1.807) is 0 Å². The third-order valence-electron chi connectivity index (χ3n) is 3.85. The van der Waals surface area contributed by atoms with Crippen LogP contribution in [0.4, 0.5) is 13.3 Å². The average Bonchev–Trinajstić information content (AvgIpc) is 2.63. The lowest BCUT2D eigenvalue weighted by Crippen LogP contribution is -2.56. The van der Waals surface area contributed by atoms with E-state index < -0.39 is 39.0 Å². The minimum atomic E-state index is -4.14. The van der Waals surface area contributed by atoms with E-state index in [4.69, 9.17) is 28.4 Å². The molecule has 0 saturated carbocycles. The van der Waals surface area contributed by atoms with E-state index in [9.17, 15) is 4.48 Å². The fraction of sp³-hybridized carbons (Fsp3) is 1.00. The van der Waals surface area contributed by atoms with Gasteiger partial charge in [0.2, 0.25) is 13.9 Å². The molecular formula is C15H34F3N4O6P. The molecule has 14 heteroatoms. The van der Waals surface area contributed by atoms with Gasteiger partial charge in [0.25, 0.3) is 0 Å².